The molecule has 78 valence electrons. The molecule has 1 rings (SSSR count). The van der Waals surface area contributed by atoms with Gasteiger partial charge in [-0.3, -0.25) is 0 Å². The van der Waals surface area contributed by atoms with Crippen molar-refractivity contribution in [1.29, 1.82) is 0 Å². The molecule has 5 heteroatoms. The lowest BCUT2D eigenvalue weighted by Gasteiger charge is -2.12. The number of rotatable bonds is 2. The number of benzene rings is 1. The van der Waals surface area contributed by atoms with Crippen molar-refractivity contribution in [3.63, 3.8) is 0 Å². The van der Waals surface area contributed by atoms with Gasteiger partial charge in [0.15, 0.2) is 6.36 Å². The monoisotopic (exact) mass is 208 g/mol. The highest BCUT2D eigenvalue weighted by molar-refractivity contribution is 5.29. The van der Waals surface area contributed by atoms with Crippen molar-refractivity contribution in [2.75, 3.05) is 0 Å². The van der Waals surface area contributed by atoms with Crippen molar-refractivity contribution in [2.45, 2.75) is 19.0 Å². The second-order valence-corrected chi connectivity index (χ2v) is 2.79. The van der Waals surface area contributed by atoms with E-state index in [0.717, 1.165) is 12.1 Å². The van der Waals surface area contributed by atoms with Crippen LogP contribution in [0.4, 0.5) is 17.6 Å². The Kier molecular flexibility index (Phi) is 3.10. The number of aliphatic hydroxyl groups is 1. The summed E-state index contributed by atoms with van der Waals surface area (Å²) in [6.07, 6.45) is -7.42. The second kappa shape index (κ2) is 3.96. The highest BCUT2D eigenvalue weighted by Crippen LogP contribution is 2.32. The fraction of sp³-hybridized carbons (Fsp3) is 0.333. The summed E-state index contributed by atoms with van der Waals surface area (Å²) in [4.78, 5) is 0. The van der Waals surface area contributed by atoms with Gasteiger partial charge < -0.3 is 5.11 Å². The molecule has 0 aliphatic carbocycles. The predicted molar refractivity (Wildman–Crippen MR) is 42.3 cm³/mol. The molecule has 0 heterocycles. The Morgan fingerprint density at radius 3 is 2.29 bits per heavy atom. The summed E-state index contributed by atoms with van der Waals surface area (Å²) in [6, 6.07) is 4.59. The molecule has 1 N–H and O–H groups in total. The predicted octanol–water partition coefficient (Wildman–Crippen LogP) is 2.54. The van der Waals surface area contributed by atoms with E-state index in [2.05, 4.69) is 0 Å². The average molecular weight is 208 g/mol. The lowest BCUT2D eigenvalue weighted by Crippen LogP contribution is -2.12. The van der Waals surface area contributed by atoms with E-state index in [1.54, 1.807) is 0 Å². The Morgan fingerprint density at radius 1 is 1.21 bits per heavy atom. The molecule has 0 bridgehead atoms. The van der Waals surface area contributed by atoms with Crippen molar-refractivity contribution >= 4 is 0 Å². The zero-order valence-electron chi connectivity index (χ0n) is 7.05. The standard InChI is InChI=1S/C9H8F4O/c10-8(14)5-6-3-1-2-4-7(6)9(11,12)13/h1-4,8,14H,5H2. The summed E-state index contributed by atoms with van der Waals surface area (Å²) in [6.45, 7) is 0. The molecule has 0 spiro atoms. The summed E-state index contributed by atoms with van der Waals surface area (Å²) in [5.74, 6) is 0. The van der Waals surface area contributed by atoms with Gasteiger partial charge in [-0.05, 0) is 11.6 Å². The van der Waals surface area contributed by atoms with Crippen LogP contribution in [-0.2, 0) is 12.6 Å². The van der Waals surface area contributed by atoms with Crippen LogP contribution in [0.1, 0.15) is 11.1 Å². The van der Waals surface area contributed by atoms with Crippen molar-refractivity contribution in [3.05, 3.63) is 35.4 Å². The smallest absolute Gasteiger partial charge is 0.364 e. The van der Waals surface area contributed by atoms with Crippen molar-refractivity contribution < 1.29 is 22.7 Å². The molecule has 0 aliphatic rings. The van der Waals surface area contributed by atoms with Gasteiger partial charge >= 0.3 is 6.18 Å². The first-order chi connectivity index (χ1) is 6.41. The summed E-state index contributed by atoms with van der Waals surface area (Å²) < 4.78 is 49.0. The van der Waals surface area contributed by atoms with Gasteiger partial charge in [-0.2, -0.15) is 13.2 Å². The molecule has 0 radical (unpaired) electrons. The third-order valence-electron chi connectivity index (χ3n) is 1.71. The van der Waals surface area contributed by atoms with Gasteiger partial charge in [0.25, 0.3) is 0 Å². The number of aliphatic hydroxyl groups excluding tert-OH is 1. The SMILES string of the molecule is OC(F)Cc1ccccc1C(F)(F)F. The van der Waals surface area contributed by atoms with Crippen molar-refractivity contribution in [3.8, 4) is 0 Å². The Bertz CT molecular complexity index is 306. The number of hydrogen-bond acceptors (Lipinski definition) is 1. The molecule has 0 saturated heterocycles. The lowest BCUT2D eigenvalue weighted by atomic mass is 10.0. The van der Waals surface area contributed by atoms with Crippen molar-refractivity contribution in [2.24, 2.45) is 0 Å². The molecule has 0 fully saturated rings. The van der Waals surface area contributed by atoms with E-state index in [0.29, 0.717) is 0 Å². The van der Waals surface area contributed by atoms with Gasteiger partial charge in [0.2, 0.25) is 0 Å². The van der Waals surface area contributed by atoms with E-state index in [4.69, 9.17) is 5.11 Å². The van der Waals surface area contributed by atoms with Gasteiger partial charge in [-0.15, -0.1) is 0 Å². The van der Waals surface area contributed by atoms with E-state index in [-0.39, 0.29) is 5.56 Å². The van der Waals surface area contributed by atoms with E-state index in [1.807, 2.05) is 0 Å². The fourth-order valence-corrected chi connectivity index (χ4v) is 1.16. The quantitative estimate of drug-likeness (QED) is 0.740. The number of hydrogen-bond donors (Lipinski definition) is 1. The molecule has 0 aromatic heterocycles. The Hall–Kier alpha value is -1.10. The van der Waals surface area contributed by atoms with Crippen LogP contribution >= 0.6 is 0 Å². The van der Waals surface area contributed by atoms with Gasteiger partial charge in [0.05, 0.1) is 5.56 Å². The van der Waals surface area contributed by atoms with Crippen LogP contribution in [0.3, 0.4) is 0 Å². The minimum atomic E-state index is -4.51. The average Bonchev–Trinajstić information content (AvgIpc) is 2.01. The molecule has 14 heavy (non-hydrogen) atoms. The number of alkyl halides is 4. The van der Waals surface area contributed by atoms with Crippen molar-refractivity contribution in [1.82, 2.24) is 0 Å². The summed E-state index contributed by atoms with van der Waals surface area (Å²) in [7, 11) is 0. The zero-order chi connectivity index (χ0) is 10.8. The normalized spacial score (nSPS) is 14.1. The molecule has 0 aliphatic heterocycles. The summed E-state index contributed by atoms with van der Waals surface area (Å²) in [5.41, 5.74) is -1.15. The molecule has 0 amide bonds. The lowest BCUT2D eigenvalue weighted by molar-refractivity contribution is -0.138. The van der Waals surface area contributed by atoms with Crippen LogP contribution < -0.4 is 0 Å². The highest BCUT2D eigenvalue weighted by Gasteiger charge is 2.33. The summed E-state index contributed by atoms with van der Waals surface area (Å²) in [5, 5.41) is 8.36. The molecule has 1 aromatic carbocycles. The molecule has 1 unspecified atom stereocenters. The van der Waals surface area contributed by atoms with Gasteiger partial charge in [-0.25, -0.2) is 4.39 Å². The largest absolute Gasteiger partial charge is 0.416 e. The molecule has 0 saturated carbocycles. The van der Waals surface area contributed by atoms with E-state index >= 15 is 0 Å². The Labute approximate surface area is 78.0 Å². The zero-order valence-corrected chi connectivity index (χ0v) is 7.05. The van der Waals surface area contributed by atoms with E-state index in [1.165, 1.54) is 12.1 Å². The number of halogens is 4. The fourth-order valence-electron chi connectivity index (χ4n) is 1.16. The van der Waals surface area contributed by atoms with Gasteiger partial charge in [0, 0.05) is 6.42 Å². The third kappa shape index (κ3) is 2.70. The summed E-state index contributed by atoms with van der Waals surface area (Å²) >= 11 is 0. The minimum Gasteiger partial charge on any atom is -0.364 e. The molecule has 1 atom stereocenters. The first-order valence-electron chi connectivity index (χ1n) is 3.88. The van der Waals surface area contributed by atoms with Crippen LogP contribution in [0.15, 0.2) is 24.3 Å². The molecular weight excluding hydrogens is 200 g/mol. The maximum Gasteiger partial charge on any atom is 0.416 e. The molecule has 1 aromatic rings. The van der Waals surface area contributed by atoms with Crippen LogP contribution in [0.5, 0.6) is 0 Å². The highest BCUT2D eigenvalue weighted by atomic mass is 19.4. The van der Waals surface area contributed by atoms with Gasteiger partial charge in [-0.1, -0.05) is 18.2 Å². The second-order valence-electron chi connectivity index (χ2n) is 2.79. The topological polar surface area (TPSA) is 20.2 Å². The molecule has 1 nitrogen and oxygen atoms in total. The Balaban J connectivity index is 3.04. The van der Waals surface area contributed by atoms with Gasteiger partial charge in [0.1, 0.15) is 0 Å². The Morgan fingerprint density at radius 2 is 1.79 bits per heavy atom. The minimum absolute atomic E-state index is 0.241. The van der Waals surface area contributed by atoms with E-state index in [9.17, 15) is 17.6 Å². The van der Waals surface area contributed by atoms with Crippen LogP contribution in [0, 0.1) is 0 Å². The molecular formula is C9H8F4O. The maximum absolute atomic E-state index is 12.3. The van der Waals surface area contributed by atoms with Crippen LogP contribution in [-0.4, -0.2) is 11.5 Å². The first kappa shape index (κ1) is 11.0. The maximum atomic E-state index is 12.3. The van der Waals surface area contributed by atoms with E-state index < -0.39 is 24.5 Å². The third-order valence-corrected chi connectivity index (χ3v) is 1.71. The first-order valence-corrected chi connectivity index (χ1v) is 3.88. The van der Waals surface area contributed by atoms with Crippen LogP contribution in [0.2, 0.25) is 0 Å². The van der Waals surface area contributed by atoms with Crippen LogP contribution in [0.25, 0.3) is 0 Å².